The molecule has 1 saturated heterocycles. The molecule has 1 aromatic carbocycles. The molecule has 1 aliphatic rings. The first-order valence-corrected chi connectivity index (χ1v) is 11.0. The fourth-order valence-electron chi connectivity index (χ4n) is 3.83. The zero-order valence-corrected chi connectivity index (χ0v) is 18.9. The van der Waals surface area contributed by atoms with Gasteiger partial charge in [0.1, 0.15) is 5.76 Å². The highest BCUT2D eigenvalue weighted by Crippen LogP contribution is 2.19. The SMILES string of the molecule is CCN(CC)c1ccc(NC(=S)N2CCCN(Cc3c(C)noc3C)CC2)cc1. The molecule has 0 bridgehead atoms. The highest BCUT2D eigenvalue weighted by molar-refractivity contribution is 7.80. The summed E-state index contributed by atoms with van der Waals surface area (Å²) in [6.45, 7) is 15.2. The van der Waals surface area contributed by atoms with E-state index in [9.17, 15) is 0 Å². The van der Waals surface area contributed by atoms with Crippen LogP contribution in [-0.4, -0.2) is 59.3 Å². The van der Waals surface area contributed by atoms with Gasteiger partial charge in [-0.3, -0.25) is 4.90 Å². The van der Waals surface area contributed by atoms with E-state index in [0.717, 1.165) is 74.5 Å². The molecule has 7 heteroatoms. The van der Waals surface area contributed by atoms with Crippen molar-refractivity contribution < 1.29 is 4.52 Å². The molecule has 3 rings (SSSR count). The van der Waals surface area contributed by atoms with E-state index in [2.05, 4.69) is 63.3 Å². The van der Waals surface area contributed by atoms with Crippen LogP contribution < -0.4 is 10.2 Å². The lowest BCUT2D eigenvalue weighted by molar-refractivity contribution is 0.275. The highest BCUT2D eigenvalue weighted by Gasteiger charge is 2.19. The van der Waals surface area contributed by atoms with Crippen LogP contribution in [0.25, 0.3) is 0 Å². The molecule has 1 aromatic heterocycles. The van der Waals surface area contributed by atoms with Crippen molar-refractivity contribution in [3.05, 3.63) is 41.3 Å². The minimum Gasteiger partial charge on any atom is -0.372 e. The molecule has 29 heavy (non-hydrogen) atoms. The van der Waals surface area contributed by atoms with Crippen molar-refractivity contribution >= 4 is 28.7 Å². The first kappa shape index (κ1) is 21.6. The lowest BCUT2D eigenvalue weighted by Crippen LogP contribution is -2.37. The fourth-order valence-corrected chi connectivity index (χ4v) is 4.13. The van der Waals surface area contributed by atoms with Gasteiger partial charge < -0.3 is 19.6 Å². The summed E-state index contributed by atoms with van der Waals surface area (Å²) in [4.78, 5) is 7.08. The summed E-state index contributed by atoms with van der Waals surface area (Å²) >= 11 is 5.70. The van der Waals surface area contributed by atoms with Gasteiger partial charge in [0.05, 0.1) is 5.69 Å². The van der Waals surface area contributed by atoms with Crippen LogP contribution in [0.5, 0.6) is 0 Å². The van der Waals surface area contributed by atoms with Gasteiger partial charge in [0.2, 0.25) is 0 Å². The molecule has 0 atom stereocenters. The largest absolute Gasteiger partial charge is 0.372 e. The zero-order valence-electron chi connectivity index (χ0n) is 18.1. The maximum Gasteiger partial charge on any atom is 0.173 e. The molecule has 0 spiro atoms. The normalized spacial score (nSPS) is 15.2. The Labute approximate surface area is 179 Å². The van der Waals surface area contributed by atoms with Crippen LogP contribution in [0.15, 0.2) is 28.8 Å². The Hall–Kier alpha value is -2.12. The van der Waals surface area contributed by atoms with E-state index in [0.29, 0.717) is 0 Å². The third-order valence-electron chi connectivity index (χ3n) is 5.69. The molecule has 6 nitrogen and oxygen atoms in total. The third kappa shape index (κ3) is 5.48. The number of nitrogens with one attached hydrogen (secondary N) is 1. The molecule has 0 unspecified atom stereocenters. The van der Waals surface area contributed by atoms with E-state index in [-0.39, 0.29) is 0 Å². The lowest BCUT2D eigenvalue weighted by atomic mass is 10.2. The Kier molecular flexibility index (Phi) is 7.50. The van der Waals surface area contributed by atoms with Crippen molar-refractivity contribution in [3.8, 4) is 0 Å². The topological polar surface area (TPSA) is 47.8 Å². The number of hydrogen-bond acceptors (Lipinski definition) is 5. The smallest absolute Gasteiger partial charge is 0.173 e. The second-order valence-electron chi connectivity index (χ2n) is 7.57. The number of thiocarbonyl (C=S) groups is 1. The Morgan fingerprint density at radius 3 is 2.45 bits per heavy atom. The van der Waals surface area contributed by atoms with Gasteiger partial charge in [0.15, 0.2) is 5.11 Å². The van der Waals surface area contributed by atoms with E-state index in [1.807, 2.05) is 13.8 Å². The molecule has 0 saturated carbocycles. The van der Waals surface area contributed by atoms with Crippen molar-refractivity contribution in [2.24, 2.45) is 0 Å². The van der Waals surface area contributed by atoms with Gasteiger partial charge in [0.25, 0.3) is 0 Å². The van der Waals surface area contributed by atoms with Crippen molar-refractivity contribution in [2.45, 2.75) is 40.7 Å². The number of hydrogen-bond donors (Lipinski definition) is 1. The quantitative estimate of drug-likeness (QED) is 0.715. The summed E-state index contributed by atoms with van der Waals surface area (Å²) in [6.07, 6.45) is 1.09. The van der Waals surface area contributed by atoms with Crippen molar-refractivity contribution in [3.63, 3.8) is 0 Å². The average Bonchev–Trinajstić information content (AvgIpc) is 2.91. The van der Waals surface area contributed by atoms with Gasteiger partial charge >= 0.3 is 0 Å². The van der Waals surface area contributed by atoms with E-state index in [4.69, 9.17) is 16.7 Å². The first-order chi connectivity index (χ1) is 14.0. The Balaban J connectivity index is 1.54. The van der Waals surface area contributed by atoms with Crippen molar-refractivity contribution in [1.29, 1.82) is 0 Å². The molecule has 2 aromatic rings. The maximum absolute atomic E-state index is 5.70. The van der Waals surface area contributed by atoms with E-state index in [1.165, 1.54) is 11.3 Å². The predicted octanol–water partition coefficient (Wildman–Crippen LogP) is 4.04. The molecule has 1 N–H and O–H groups in total. The Morgan fingerprint density at radius 2 is 1.83 bits per heavy atom. The standard InChI is InChI=1S/C22H33N5OS/c1-5-26(6-2)20-10-8-19(9-11-20)23-22(29)27-13-7-12-25(14-15-27)16-21-17(3)24-28-18(21)4/h8-11H,5-7,12-16H2,1-4H3,(H,23,29). The first-order valence-electron chi connectivity index (χ1n) is 10.6. The summed E-state index contributed by atoms with van der Waals surface area (Å²) in [5.74, 6) is 0.925. The predicted molar refractivity (Wildman–Crippen MR) is 124 cm³/mol. The molecule has 1 fully saturated rings. The number of benzene rings is 1. The Morgan fingerprint density at radius 1 is 1.10 bits per heavy atom. The highest BCUT2D eigenvalue weighted by atomic mass is 32.1. The summed E-state index contributed by atoms with van der Waals surface area (Å²) in [6, 6.07) is 8.54. The van der Waals surface area contributed by atoms with Crippen LogP contribution in [0.3, 0.4) is 0 Å². The lowest BCUT2D eigenvalue weighted by Gasteiger charge is -2.25. The number of nitrogens with zero attached hydrogens (tertiary/aromatic N) is 4. The summed E-state index contributed by atoms with van der Waals surface area (Å²) in [5, 5.41) is 8.30. The zero-order chi connectivity index (χ0) is 20.8. The molecular weight excluding hydrogens is 382 g/mol. The molecule has 0 radical (unpaired) electrons. The molecule has 1 aliphatic heterocycles. The molecule has 158 valence electrons. The van der Waals surface area contributed by atoms with Crippen molar-refractivity contribution in [1.82, 2.24) is 15.0 Å². The van der Waals surface area contributed by atoms with Crippen LogP contribution in [0.1, 0.15) is 37.3 Å². The minimum atomic E-state index is 0.805. The molecular formula is C22H33N5OS. The molecule has 0 aliphatic carbocycles. The van der Waals surface area contributed by atoms with Crippen LogP contribution >= 0.6 is 12.2 Å². The third-order valence-corrected chi connectivity index (χ3v) is 6.05. The second kappa shape index (κ2) is 10.1. The fraction of sp³-hybridized carbons (Fsp3) is 0.545. The molecule has 2 heterocycles. The van der Waals surface area contributed by atoms with Crippen LogP contribution in [-0.2, 0) is 6.54 Å². The van der Waals surface area contributed by atoms with Crippen LogP contribution in [0.2, 0.25) is 0 Å². The summed E-state index contributed by atoms with van der Waals surface area (Å²) < 4.78 is 5.31. The minimum absolute atomic E-state index is 0.805. The van der Waals surface area contributed by atoms with E-state index < -0.39 is 0 Å². The van der Waals surface area contributed by atoms with E-state index in [1.54, 1.807) is 0 Å². The van der Waals surface area contributed by atoms with E-state index >= 15 is 0 Å². The number of anilines is 2. The summed E-state index contributed by atoms with van der Waals surface area (Å²) in [5.41, 5.74) is 4.50. The van der Waals surface area contributed by atoms with Gasteiger partial charge in [-0.25, -0.2) is 0 Å². The van der Waals surface area contributed by atoms with Crippen LogP contribution in [0.4, 0.5) is 11.4 Å². The maximum atomic E-state index is 5.70. The monoisotopic (exact) mass is 415 g/mol. The number of aryl methyl sites for hydroxylation is 2. The Bertz CT molecular complexity index is 781. The van der Waals surface area contributed by atoms with Gasteiger partial charge in [-0.2, -0.15) is 0 Å². The number of rotatable bonds is 6. The molecule has 0 amide bonds. The van der Waals surface area contributed by atoms with Gasteiger partial charge in [-0.05, 0) is 70.6 Å². The van der Waals surface area contributed by atoms with Crippen molar-refractivity contribution in [2.75, 3.05) is 49.5 Å². The van der Waals surface area contributed by atoms with Gasteiger partial charge in [-0.1, -0.05) is 5.16 Å². The summed E-state index contributed by atoms with van der Waals surface area (Å²) in [7, 11) is 0. The second-order valence-corrected chi connectivity index (χ2v) is 7.96. The average molecular weight is 416 g/mol. The van der Waals surface area contributed by atoms with Crippen LogP contribution in [0, 0.1) is 13.8 Å². The van der Waals surface area contributed by atoms with Gasteiger partial charge in [-0.15, -0.1) is 0 Å². The number of aromatic nitrogens is 1. The van der Waals surface area contributed by atoms with Gasteiger partial charge in [0, 0.05) is 62.8 Å².